The number of hydrogen-bond acceptors (Lipinski definition) is 8. The van der Waals surface area contributed by atoms with Crippen LogP contribution >= 0.6 is 0 Å². The Labute approximate surface area is 227 Å². The van der Waals surface area contributed by atoms with Gasteiger partial charge in [0.1, 0.15) is 0 Å². The first kappa shape index (κ1) is 25.7. The Morgan fingerprint density at radius 1 is 1.10 bits per heavy atom. The van der Waals surface area contributed by atoms with E-state index in [-0.39, 0.29) is 36.0 Å². The minimum absolute atomic E-state index is 0.137. The zero-order valence-electron chi connectivity index (χ0n) is 22.8. The molecule has 2 fully saturated rings. The van der Waals surface area contributed by atoms with Crippen molar-refractivity contribution in [1.29, 1.82) is 0 Å². The van der Waals surface area contributed by atoms with Crippen molar-refractivity contribution in [2.24, 2.45) is 10.9 Å². The molecule has 2 unspecified atom stereocenters. The number of hydrogen-bond donors (Lipinski definition) is 0. The van der Waals surface area contributed by atoms with E-state index in [0.717, 1.165) is 23.1 Å². The molecule has 0 radical (unpaired) electrons. The van der Waals surface area contributed by atoms with Crippen LogP contribution in [-0.4, -0.2) is 62.2 Å². The van der Waals surface area contributed by atoms with Crippen LogP contribution in [-0.2, 0) is 20.8 Å². The summed E-state index contributed by atoms with van der Waals surface area (Å²) in [5.74, 6) is 2.18. The molecule has 3 heterocycles. The third kappa shape index (κ3) is 4.84. The summed E-state index contributed by atoms with van der Waals surface area (Å²) in [5, 5.41) is 1.19. The second-order valence-corrected chi connectivity index (χ2v) is 11.0. The number of pyridine rings is 1. The molecule has 0 bridgehead atoms. The van der Waals surface area contributed by atoms with E-state index < -0.39 is 0 Å². The fraction of sp³-hybridized carbons (Fsp3) is 0.500. The van der Waals surface area contributed by atoms with E-state index in [1.807, 2.05) is 41.9 Å². The highest BCUT2D eigenvalue weighted by atomic mass is 16.7. The van der Waals surface area contributed by atoms with Gasteiger partial charge in [-0.15, -0.1) is 0 Å². The van der Waals surface area contributed by atoms with Gasteiger partial charge in [-0.3, -0.25) is 14.6 Å². The number of aromatic nitrogens is 1. The van der Waals surface area contributed by atoms with Crippen molar-refractivity contribution >= 4 is 23.0 Å². The number of aliphatic imine (C=N–C) groups is 1. The van der Waals surface area contributed by atoms with E-state index in [9.17, 15) is 9.59 Å². The van der Waals surface area contributed by atoms with Gasteiger partial charge in [-0.1, -0.05) is 25.7 Å². The van der Waals surface area contributed by atoms with Crippen molar-refractivity contribution in [3.63, 3.8) is 0 Å². The van der Waals surface area contributed by atoms with Crippen LogP contribution in [0.2, 0.25) is 0 Å². The van der Waals surface area contributed by atoms with Crippen molar-refractivity contribution in [1.82, 2.24) is 9.47 Å². The van der Waals surface area contributed by atoms with Crippen LogP contribution in [0.1, 0.15) is 55.7 Å². The lowest BCUT2D eigenvalue weighted by Gasteiger charge is -2.31. The molecule has 2 aliphatic heterocycles. The molecule has 1 aromatic carbocycles. The maximum atomic E-state index is 14.1. The molecule has 6 rings (SSSR count). The highest BCUT2D eigenvalue weighted by molar-refractivity contribution is 6.03. The first-order valence-corrected chi connectivity index (χ1v) is 13.8. The molecule has 206 valence electrons. The van der Waals surface area contributed by atoms with Gasteiger partial charge in [0.2, 0.25) is 6.79 Å². The van der Waals surface area contributed by atoms with Gasteiger partial charge in [-0.05, 0) is 50.7 Å². The number of rotatable bonds is 8. The Kier molecular flexibility index (Phi) is 6.93. The minimum atomic E-state index is -0.301. The van der Waals surface area contributed by atoms with Crippen LogP contribution in [0.25, 0.3) is 10.8 Å². The molecule has 0 spiro atoms. The third-order valence-electron chi connectivity index (χ3n) is 8.25. The molecule has 1 aromatic heterocycles. The van der Waals surface area contributed by atoms with E-state index in [0.29, 0.717) is 48.1 Å². The van der Waals surface area contributed by atoms with Gasteiger partial charge in [-0.25, -0.2) is 0 Å². The maximum absolute atomic E-state index is 14.1. The Morgan fingerprint density at radius 2 is 1.85 bits per heavy atom. The van der Waals surface area contributed by atoms with Crippen LogP contribution in [0, 0.1) is 5.92 Å². The van der Waals surface area contributed by atoms with E-state index in [2.05, 4.69) is 0 Å². The second kappa shape index (κ2) is 10.5. The van der Waals surface area contributed by atoms with Crippen LogP contribution in [0.15, 0.2) is 45.6 Å². The Hall–Kier alpha value is -3.59. The summed E-state index contributed by atoms with van der Waals surface area (Å²) in [6.45, 7) is 1.36. The Bertz CT molecular complexity index is 1450. The van der Waals surface area contributed by atoms with E-state index >= 15 is 0 Å². The van der Waals surface area contributed by atoms with Gasteiger partial charge >= 0.3 is 5.97 Å². The topological polar surface area (TPSA) is 91.6 Å². The van der Waals surface area contributed by atoms with Crippen molar-refractivity contribution < 1.29 is 23.7 Å². The quantitative estimate of drug-likeness (QED) is 0.372. The van der Waals surface area contributed by atoms with Crippen LogP contribution in [0.4, 0.5) is 0 Å². The van der Waals surface area contributed by atoms with Crippen LogP contribution in [0.5, 0.6) is 11.5 Å². The molecule has 2 aliphatic carbocycles. The zero-order chi connectivity index (χ0) is 27.1. The lowest BCUT2D eigenvalue weighted by molar-refractivity contribution is -0.134. The summed E-state index contributed by atoms with van der Waals surface area (Å²) in [7, 11) is 5.51. The standard InChI is InChI=1S/C30H35N3O6/c1-32(2)10-11-33-29-21-14-25-26(38-17-37-25)15-23(21)31-16-22(29)19-12-24(36-3)27(13-20(19)30(33)35)39-28(34)9-8-18-6-4-5-7-18/h12-16,18,21,23H,4-11,17H2,1-3H3. The number of likely N-dealkylation sites (N-methyl/N-ethyl adjacent to an activating group) is 1. The average Bonchev–Trinajstić information content (AvgIpc) is 3.62. The molecular weight excluding hydrogens is 498 g/mol. The van der Waals surface area contributed by atoms with Crippen LogP contribution < -0.4 is 15.0 Å². The molecule has 4 aliphatic rings. The second-order valence-electron chi connectivity index (χ2n) is 11.0. The molecule has 39 heavy (non-hydrogen) atoms. The first-order valence-electron chi connectivity index (χ1n) is 13.8. The summed E-state index contributed by atoms with van der Waals surface area (Å²) in [6.07, 6.45) is 11.8. The molecular formula is C30H35N3O6. The molecule has 2 aromatic rings. The smallest absolute Gasteiger partial charge is 0.311 e. The third-order valence-corrected chi connectivity index (χ3v) is 8.25. The number of benzene rings is 1. The molecule has 1 saturated heterocycles. The number of esters is 1. The molecule has 9 heteroatoms. The van der Waals surface area contributed by atoms with Crippen molar-refractivity contribution in [3.05, 3.63) is 57.4 Å². The molecule has 0 N–H and O–H groups in total. The monoisotopic (exact) mass is 533 g/mol. The fourth-order valence-corrected chi connectivity index (χ4v) is 6.17. The molecule has 1 saturated carbocycles. The first-order chi connectivity index (χ1) is 18.9. The van der Waals surface area contributed by atoms with Crippen LogP contribution in [0.3, 0.4) is 0 Å². The van der Waals surface area contributed by atoms with Gasteiger partial charge in [0.05, 0.1) is 18.5 Å². The fourth-order valence-electron chi connectivity index (χ4n) is 6.17. The lowest BCUT2D eigenvalue weighted by atomic mass is 9.84. The van der Waals surface area contributed by atoms with Gasteiger partial charge in [0, 0.05) is 48.3 Å². The summed E-state index contributed by atoms with van der Waals surface area (Å²) in [5.41, 5.74) is 1.60. The number of methoxy groups -OCH3 is 1. The highest BCUT2D eigenvalue weighted by Gasteiger charge is 2.36. The minimum Gasteiger partial charge on any atom is -0.493 e. The maximum Gasteiger partial charge on any atom is 0.311 e. The Balaban J connectivity index is 1.42. The Morgan fingerprint density at radius 3 is 2.59 bits per heavy atom. The van der Waals surface area contributed by atoms with E-state index in [4.69, 9.17) is 23.9 Å². The summed E-state index contributed by atoms with van der Waals surface area (Å²) in [4.78, 5) is 33.7. The lowest BCUT2D eigenvalue weighted by Crippen LogP contribution is -2.35. The zero-order valence-corrected chi connectivity index (χ0v) is 22.8. The highest BCUT2D eigenvalue weighted by Crippen LogP contribution is 2.42. The number of ether oxygens (including phenoxy) is 4. The summed E-state index contributed by atoms with van der Waals surface area (Å²) in [6, 6.07) is 3.26. The normalized spacial score (nSPS) is 21.5. The summed E-state index contributed by atoms with van der Waals surface area (Å²) < 4.78 is 24.5. The predicted octanol–water partition coefficient (Wildman–Crippen LogP) is 4.12. The number of carbonyl (C=O) groups is 1. The van der Waals surface area contributed by atoms with Gasteiger partial charge in [0.15, 0.2) is 23.0 Å². The average molecular weight is 534 g/mol. The SMILES string of the molecule is COc1cc2c3c(n(CCN(C)C)c(=O)c2cc1OC(=O)CCC1CCCC1)C1C=C2OCOC2=CC1N=C3. The largest absolute Gasteiger partial charge is 0.493 e. The van der Waals surface area contributed by atoms with Gasteiger partial charge in [-0.2, -0.15) is 0 Å². The molecule has 0 amide bonds. The number of carbonyl (C=O) groups excluding carboxylic acids is 1. The molecule has 2 atom stereocenters. The van der Waals surface area contributed by atoms with Gasteiger partial charge in [0.25, 0.3) is 5.56 Å². The van der Waals surface area contributed by atoms with Crippen molar-refractivity contribution in [2.45, 2.75) is 57.0 Å². The van der Waals surface area contributed by atoms with Crippen molar-refractivity contribution in [3.8, 4) is 11.5 Å². The summed E-state index contributed by atoms with van der Waals surface area (Å²) >= 11 is 0. The predicted molar refractivity (Wildman–Crippen MR) is 147 cm³/mol. The van der Waals surface area contributed by atoms with E-state index in [1.165, 1.54) is 25.7 Å². The van der Waals surface area contributed by atoms with Gasteiger partial charge < -0.3 is 28.4 Å². The number of fused-ring (bicyclic) bond motifs is 6. The van der Waals surface area contributed by atoms with E-state index in [1.54, 1.807) is 19.2 Å². The molecule has 9 nitrogen and oxygen atoms in total. The number of nitrogens with zero attached hydrogens (tertiary/aromatic N) is 3. The van der Waals surface area contributed by atoms with Crippen molar-refractivity contribution in [2.75, 3.05) is 34.5 Å².